The van der Waals surface area contributed by atoms with Crippen molar-refractivity contribution in [1.29, 1.82) is 0 Å². The molecule has 0 heterocycles. The molecule has 0 radical (unpaired) electrons. The molecular formula is C8H17NO2. The molecule has 0 aromatic carbocycles. The van der Waals surface area contributed by atoms with Crippen LogP contribution in [0.4, 0.5) is 0 Å². The Bertz CT molecular complexity index is 129. The maximum absolute atomic E-state index is 9.78. The van der Waals surface area contributed by atoms with Crippen LogP contribution in [0.25, 0.3) is 0 Å². The highest BCUT2D eigenvalue weighted by molar-refractivity contribution is 4.87. The molecule has 0 aromatic rings. The Morgan fingerprint density at radius 3 is 3.00 bits per heavy atom. The molecule has 1 fully saturated rings. The average molecular weight is 159 g/mol. The molecule has 1 saturated carbocycles. The van der Waals surface area contributed by atoms with E-state index in [2.05, 4.69) is 0 Å². The largest absolute Gasteiger partial charge is 0.388 e. The van der Waals surface area contributed by atoms with Crippen LogP contribution in [0.15, 0.2) is 0 Å². The summed E-state index contributed by atoms with van der Waals surface area (Å²) < 4.78 is 5.17. The summed E-state index contributed by atoms with van der Waals surface area (Å²) in [5.74, 6) is 0. The third kappa shape index (κ3) is 2.15. The van der Waals surface area contributed by atoms with Crippen LogP contribution in [0.3, 0.4) is 0 Å². The Morgan fingerprint density at radius 2 is 2.45 bits per heavy atom. The number of methoxy groups -OCH3 is 1. The average Bonchev–Trinajstić information content (AvgIpc) is 2.05. The summed E-state index contributed by atoms with van der Waals surface area (Å²) in [6, 6.07) is 0. The molecule has 3 nitrogen and oxygen atoms in total. The minimum atomic E-state index is -0.654. The monoisotopic (exact) mass is 159 g/mol. The number of hydrogen-bond acceptors (Lipinski definition) is 3. The maximum Gasteiger partial charge on any atom is 0.0794 e. The summed E-state index contributed by atoms with van der Waals surface area (Å²) in [7, 11) is 1.69. The number of ether oxygens (including phenoxy) is 1. The second-order valence-corrected chi connectivity index (χ2v) is 3.38. The normalized spacial score (nSPS) is 39.0. The lowest BCUT2D eigenvalue weighted by Crippen LogP contribution is -2.44. The third-order valence-electron chi connectivity index (χ3n) is 2.49. The van der Waals surface area contributed by atoms with E-state index >= 15 is 0 Å². The van der Waals surface area contributed by atoms with E-state index in [1.807, 2.05) is 0 Å². The van der Waals surface area contributed by atoms with Gasteiger partial charge in [0.25, 0.3) is 0 Å². The van der Waals surface area contributed by atoms with Crippen molar-refractivity contribution < 1.29 is 9.84 Å². The van der Waals surface area contributed by atoms with Crippen LogP contribution < -0.4 is 5.73 Å². The van der Waals surface area contributed by atoms with E-state index in [4.69, 9.17) is 10.5 Å². The van der Waals surface area contributed by atoms with Gasteiger partial charge in [0, 0.05) is 20.1 Å². The summed E-state index contributed by atoms with van der Waals surface area (Å²) in [6.07, 6.45) is 3.80. The number of aliphatic hydroxyl groups is 1. The van der Waals surface area contributed by atoms with E-state index < -0.39 is 5.60 Å². The first kappa shape index (κ1) is 8.97. The SMILES string of the molecule is COC1CCCC(O)(CN)C1. The number of nitrogens with two attached hydrogens (primary N) is 1. The van der Waals surface area contributed by atoms with Gasteiger partial charge in [-0.1, -0.05) is 0 Å². The molecule has 1 rings (SSSR count). The first-order valence-electron chi connectivity index (χ1n) is 4.15. The fraction of sp³-hybridized carbons (Fsp3) is 1.00. The zero-order valence-corrected chi connectivity index (χ0v) is 7.05. The molecule has 66 valence electrons. The molecule has 0 saturated heterocycles. The smallest absolute Gasteiger partial charge is 0.0794 e. The van der Waals surface area contributed by atoms with Crippen LogP contribution >= 0.6 is 0 Å². The molecule has 3 N–H and O–H groups in total. The van der Waals surface area contributed by atoms with Crippen molar-refractivity contribution in [3.63, 3.8) is 0 Å². The minimum Gasteiger partial charge on any atom is -0.388 e. The molecule has 0 spiro atoms. The van der Waals surface area contributed by atoms with Crippen molar-refractivity contribution in [2.75, 3.05) is 13.7 Å². The van der Waals surface area contributed by atoms with Crippen LogP contribution in [0, 0.1) is 0 Å². The van der Waals surface area contributed by atoms with Gasteiger partial charge < -0.3 is 15.6 Å². The standard InChI is InChI=1S/C8H17NO2/c1-11-7-3-2-4-8(10,5-7)6-9/h7,10H,2-6,9H2,1H3. The highest BCUT2D eigenvalue weighted by Gasteiger charge is 2.32. The summed E-state index contributed by atoms with van der Waals surface area (Å²) in [4.78, 5) is 0. The molecule has 1 aliphatic rings. The Kier molecular flexibility index (Phi) is 2.87. The topological polar surface area (TPSA) is 55.5 Å². The molecule has 1 aliphatic carbocycles. The Hall–Kier alpha value is -0.120. The molecular weight excluding hydrogens is 142 g/mol. The van der Waals surface area contributed by atoms with Crippen LogP contribution in [0.1, 0.15) is 25.7 Å². The van der Waals surface area contributed by atoms with Gasteiger partial charge in [-0.05, 0) is 19.3 Å². The fourth-order valence-corrected chi connectivity index (χ4v) is 1.67. The van der Waals surface area contributed by atoms with Gasteiger partial charge in [0.1, 0.15) is 0 Å². The molecule has 0 aliphatic heterocycles. The second-order valence-electron chi connectivity index (χ2n) is 3.38. The fourth-order valence-electron chi connectivity index (χ4n) is 1.67. The van der Waals surface area contributed by atoms with Crippen molar-refractivity contribution in [3.8, 4) is 0 Å². The summed E-state index contributed by atoms with van der Waals surface area (Å²) in [5.41, 5.74) is 4.80. The number of hydrogen-bond donors (Lipinski definition) is 2. The van der Waals surface area contributed by atoms with Crippen molar-refractivity contribution in [2.45, 2.75) is 37.4 Å². The second kappa shape index (κ2) is 3.52. The van der Waals surface area contributed by atoms with Crippen LogP contribution in [-0.4, -0.2) is 30.5 Å². The first-order chi connectivity index (χ1) is 5.20. The molecule has 0 bridgehead atoms. The zero-order valence-electron chi connectivity index (χ0n) is 7.05. The van der Waals surface area contributed by atoms with E-state index in [1.54, 1.807) is 7.11 Å². The molecule has 11 heavy (non-hydrogen) atoms. The van der Waals surface area contributed by atoms with Crippen LogP contribution in [0.5, 0.6) is 0 Å². The molecule has 2 atom stereocenters. The Morgan fingerprint density at radius 1 is 1.73 bits per heavy atom. The lowest BCUT2D eigenvalue weighted by Gasteiger charge is -2.35. The van der Waals surface area contributed by atoms with E-state index in [0.717, 1.165) is 19.3 Å². The quantitative estimate of drug-likeness (QED) is 0.608. The highest BCUT2D eigenvalue weighted by atomic mass is 16.5. The van der Waals surface area contributed by atoms with Gasteiger partial charge in [0.15, 0.2) is 0 Å². The lowest BCUT2D eigenvalue weighted by atomic mass is 9.83. The molecule has 2 unspecified atom stereocenters. The highest BCUT2D eigenvalue weighted by Crippen LogP contribution is 2.28. The van der Waals surface area contributed by atoms with Crippen molar-refractivity contribution in [1.82, 2.24) is 0 Å². The first-order valence-corrected chi connectivity index (χ1v) is 4.15. The third-order valence-corrected chi connectivity index (χ3v) is 2.49. The summed E-state index contributed by atoms with van der Waals surface area (Å²) >= 11 is 0. The molecule has 3 heteroatoms. The van der Waals surface area contributed by atoms with E-state index in [-0.39, 0.29) is 6.10 Å². The van der Waals surface area contributed by atoms with Crippen molar-refractivity contribution >= 4 is 0 Å². The zero-order chi connectivity index (χ0) is 8.32. The van der Waals surface area contributed by atoms with Gasteiger partial charge in [-0.2, -0.15) is 0 Å². The van der Waals surface area contributed by atoms with Gasteiger partial charge in [-0.25, -0.2) is 0 Å². The molecule has 0 amide bonds. The van der Waals surface area contributed by atoms with E-state index in [0.29, 0.717) is 13.0 Å². The lowest BCUT2D eigenvalue weighted by molar-refractivity contribution is -0.0526. The summed E-state index contributed by atoms with van der Waals surface area (Å²) in [5, 5.41) is 9.78. The van der Waals surface area contributed by atoms with Gasteiger partial charge >= 0.3 is 0 Å². The minimum absolute atomic E-state index is 0.206. The Balaban J connectivity index is 2.44. The van der Waals surface area contributed by atoms with Gasteiger partial charge in [0.05, 0.1) is 11.7 Å². The van der Waals surface area contributed by atoms with Crippen molar-refractivity contribution in [3.05, 3.63) is 0 Å². The number of rotatable bonds is 2. The predicted molar refractivity (Wildman–Crippen MR) is 43.3 cm³/mol. The van der Waals surface area contributed by atoms with Gasteiger partial charge in [-0.15, -0.1) is 0 Å². The van der Waals surface area contributed by atoms with Gasteiger partial charge in [0.2, 0.25) is 0 Å². The van der Waals surface area contributed by atoms with Crippen LogP contribution in [-0.2, 0) is 4.74 Å². The maximum atomic E-state index is 9.78. The predicted octanol–water partition coefficient (Wildman–Crippen LogP) is 0.265. The Labute approximate surface area is 67.5 Å². The summed E-state index contributed by atoms with van der Waals surface area (Å²) in [6.45, 7) is 0.354. The van der Waals surface area contributed by atoms with Gasteiger partial charge in [-0.3, -0.25) is 0 Å². The van der Waals surface area contributed by atoms with Crippen LogP contribution in [0.2, 0.25) is 0 Å². The molecule has 0 aromatic heterocycles. The van der Waals surface area contributed by atoms with E-state index in [9.17, 15) is 5.11 Å². The van der Waals surface area contributed by atoms with E-state index in [1.165, 1.54) is 0 Å². The van der Waals surface area contributed by atoms with Crippen molar-refractivity contribution in [2.24, 2.45) is 5.73 Å².